The summed E-state index contributed by atoms with van der Waals surface area (Å²) >= 11 is 0. The minimum atomic E-state index is -3.90. The van der Waals surface area contributed by atoms with Crippen LogP contribution < -0.4 is 0 Å². The molecule has 112 valence electrons. The van der Waals surface area contributed by atoms with Crippen LogP contribution >= 0.6 is 10.7 Å². The molecule has 1 aromatic heterocycles. The van der Waals surface area contributed by atoms with E-state index in [1.165, 1.54) is 0 Å². The fraction of sp³-hybridized carbons (Fsp3) is 0.429. The summed E-state index contributed by atoms with van der Waals surface area (Å²) in [5.74, 6) is 0.590. The Labute approximate surface area is 128 Å². The minimum Gasteiger partial charge on any atom is -0.294 e. The van der Waals surface area contributed by atoms with E-state index >= 15 is 0 Å². The van der Waals surface area contributed by atoms with E-state index in [0.29, 0.717) is 5.82 Å². The second kappa shape index (κ2) is 4.81. The lowest BCUT2D eigenvalue weighted by Gasteiger charge is -2.13. The first-order valence-electron chi connectivity index (χ1n) is 6.77. The van der Waals surface area contributed by atoms with Gasteiger partial charge in [0, 0.05) is 22.3 Å². The van der Waals surface area contributed by atoms with E-state index in [4.69, 9.17) is 10.7 Å². The Morgan fingerprint density at radius 3 is 2.19 bits per heavy atom. The first kappa shape index (κ1) is 14.5. The van der Waals surface area contributed by atoms with Gasteiger partial charge in [-0.15, -0.1) is 10.2 Å². The zero-order valence-corrected chi connectivity index (χ0v) is 13.7. The molecular formula is C14H16ClN3O2S. The van der Waals surface area contributed by atoms with Crippen LogP contribution in [0, 0.1) is 20.8 Å². The maximum absolute atomic E-state index is 11.7. The van der Waals surface area contributed by atoms with Crippen LogP contribution in [-0.2, 0) is 9.05 Å². The molecule has 1 fully saturated rings. The third kappa shape index (κ3) is 2.58. The molecule has 0 aliphatic heterocycles. The average Bonchev–Trinajstić information content (AvgIpc) is 3.07. The molecule has 21 heavy (non-hydrogen) atoms. The molecule has 0 spiro atoms. The normalized spacial score (nSPS) is 15.4. The molecular weight excluding hydrogens is 310 g/mol. The van der Waals surface area contributed by atoms with Crippen LogP contribution in [-0.4, -0.2) is 23.2 Å². The molecule has 0 radical (unpaired) electrons. The molecule has 0 saturated heterocycles. The molecule has 1 aromatic carbocycles. The van der Waals surface area contributed by atoms with Gasteiger partial charge in [0.15, 0.2) is 5.82 Å². The third-order valence-corrected chi connectivity index (χ3v) is 4.82. The SMILES string of the molecule is Cc1cc(C)c(-c2nnc(S(=O)(=O)Cl)n2C2CC2)c(C)c1. The van der Waals surface area contributed by atoms with Gasteiger partial charge in [0.25, 0.3) is 14.2 Å². The van der Waals surface area contributed by atoms with Gasteiger partial charge in [-0.2, -0.15) is 0 Å². The summed E-state index contributed by atoms with van der Waals surface area (Å²) in [6, 6.07) is 4.24. The van der Waals surface area contributed by atoms with E-state index in [2.05, 4.69) is 22.3 Å². The molecule has 2 aromatic rings. The van der Waals surface area contributed by atoms with Crippen molar-refractivity contribution in [2.24, 2.45) is 0 Å². The zero-order valence-electron chi connectivity index (χ0n) is 12.1. The predicted molar refractivity (Wildman–Crippen MR) is 81.0 cm³/mol. The quantitative estimate of drug-likeness (QED) is 0.813. The molecule has 3 rings (SSSR count). The van der Waals surface area contributed by atoms with Crippen molar-refractivity contribution in [1.82, 2.24) is 14.8 Å². The zero-order chi connectivity index (χ0) is 15.4. The second-order valence-corrected chi connectivity index (χ2v) is 8.08. The number of halogens is 1. The molecule has 0 bridgehead atoms. The molecule has 7 heteroatoms. The Balaban J connectivity index is 2.28. The molecule has 1 aliphatic carbocycles. The number of aromatic nitrogens is 3. The lowest BCUT2D eigenvalue weighted by Crippen LogP contribution is -2.07. The fourth-order valence-electron chi connectivity index (χ4n) is 2.81. The highest BCUT2D eigenvalue weighted by Crippen LogP contribution is 2.41. The number of benzene rings is 1. The summed E-state index contributed by atoms with van der Waals surface area (Å²) in [6.07, 6.45) is 1.85. The number of hydrogen-bond donors (Lipinski definition) is 0. The molecule has 0 unspecified atom stereocenters. The van der Waals surface area contributed by atoms with Crippen molar-refractivity contribution in [3.8, 4) is 11.4 Å². The minimum absolute atomic E-state index is 0.124. The van der Waals surface area contributed by atoms with Gasteiger partial charge in [0.2, 0.25) is 0 Å². The van der Waals surface area contributed by atoms with E-state index in [1.807, 2.05) is 20.8 Å². The predicted octanol–water partition coefficient (Wildman–Crippen LogP) is 3.13. The van der Waals surface area contributed by atoms with Crippen molar-refractivity contribution in [1.29, 1.82) is 0 Å². The van der Waals surface area contributed by atoms with Crippen molar-refractivity contribution in [2.45, 2.75) is 44.8 Å². The van der Waals surface area contributed by atoms with Crippen LogP contribution in [0.2, 0.25) is 0 Å². The van der Waals surface area contributed by atoms with Gasteiger partial charge in [-0.05, 0) is 44.7 Å². The maximum atomic E-state index is 11.7. The van der Waals surface area contributed by atoms with Gasteiger partial charge in [-0.3, -0.25) is 4.57 Å². The summed E-state index contributed by atoms with van der Waals surface area (Å²) in [5.41, 5.74) is 4.21. The van der Waals surface area contributed by atoms with Gasteiger partial charge in [0.1, 0.15) is 0 Å². The van der Waals surface area contributed by atoms with Crippen molar-refractivity contribution >= 4 is 19.7 Å². The van der Waals surface area contributed by atoms with E-state index < -0.39 is 9.05 Å². The van der Waals surface area contributed by atoms with Crippen LogP contribution in [0.3, 0.4) is 0 Å². The molecule has 1 heterocycles. The van der Waals surface area contributed by atoms with Gasteiger partial charge in [0.05, 0.1) is 0 Å². The molecule has 0 N–H and O–H groups in total. The number of nitrogens with zero attached hydrogens (tertiary/aromatic N) is 3. The van der Waals surface area contributed by atoms with Gasteiger partial charge in [-0.1, -0.05) is 17.7 Å². The van der Waals surface area contributed by atoms with Gasteiger partial charge < -0.3 is 0 Å². The smallest absolute Gasteiger partial charge is 0.294 e. The highest BCUT2D eigenvalue weighted by molar-refractivity contribution is 8.13. The number of aryl methyl sites for hydroxylation is 3. The Morgan fingerprint density at radius 1 is 1.14 bits per heavy atom. The Morgan fingerprint density at radius 2 is 1.71 bits per heavy atom. The van der Waals surface area contributed by atoms with Crippen LogP contribution in [0.5, 0.6) is 0 Å². The summed E-state index contributed by atoms with van der Waals surface area (Å²) in [6.45, 7) is 6.02. The second-order valence-electron chi connectivity index (χ2n) is 5.62. The lowest BCUT2D eigenvalue weighted by molar-refractivity contribution is 0.579. The number of hydrogen-bond acceptors (Lipinski definition) is 4. The summed E-state index contributed by atoms with van der Waals surface area (Å²) < 4.78 is 25.1. The number of rotatable bonds is 3. The summed E-state index contributed by atoms with van der Waals surface area (Å²) in [5, 5.41) is 7.79. The van der Waals surface area contributed by atoms with E-state index in [9.17, 15) is 8.42 Å². The van der Waals surface area contributed by atoms with Crippen LogP contribution in [0.1, 0.15) is 35.6 Å². The fourth-order valence-corrected chi connectivity index (χ4v) is 3.73. The third-order valence-electron chi connectivity index (χ3n) is 3.70. The van der Waals surface area contributed by atoms with Gasteiger partial charge in [-0.25, -0.2) is 8.42 Å². The van der Waals surface area contributed by atoms with Crippen LogP contribution in [0.4, 0.5) is 0 Å². The van der Waals surface area contributed by atoms with E-state index in [1.54, 1.807) is 4.57 Å². The van der Waals surface area contributed by atoms with E-state index in [-0.39, 0.29) is 11.2 Å². The topological polar surface area (TPSA) is 64.8 Å². The van der Waals surface area contributed by atoms with Crippen LogP contribution in [0.15, 0.2) is 17.3 Å². The Hall–Kier alpha value is -1.40. The van der Waals surface area contributed by atoms with Crippen LogP contribution in [0.25, 0.3) is 11.4 Å². The Bertz CT molecular complexity index is 800. The highest BCUT2D eigenvalue weighted by atomic mass is 35.7. The average molecular weight is 326 g/mol. The Kier molecular flexibility index (Phi) is 3.33. The molecule has 1 saturated carbocycles. The first-order valence-corrected chi connectivity index (χ1v) is 9.07. The van der Waals surface area contributed by atoms with Crippen molar-refractivity contribution in [3.63, 3.8) is 0 Å². The maximum Gasteiger partial charge on any atom is 0.296 e. The first-order chi connectivity index (χ1) is 9.79. The largest absolute Gasteiger partial charge is 0.296 e. The molecule has 0 atom stereocenters. The van der Waals surface area contributed by atoms with Gasteiger partial charge >= 0.3 is 0 Å². The van der Waals surface area contributed by atoms with Crippen molar-refractivity contribution < 1.29 is 8.42 Å². The standard InChI is InChI=1S/C14H16ClN3O2S/c1-8-6-9(2)12(10(3)7-8)13-16-17-14(21(15,19)20)18(13)11-4-5-11/h6-7,11H,4-5H2,1-3H3. The molecule has 0 amide bonds. The molecule has 5 nitrogen and oxygen atoms in total. The van der Waals surface area contributed by atoms with E-state index in [0.717, 1.165) is 35.1 Å². The lowest BCUT2D eigenvalue weighted by atomic mass is 9.99. The monoisotopic (exact) mass is 325 g/mol. The van der Waals surface area contributed by atoms with Crippen molar-refractivity contribution in [3.05, 3.63) is 28.8 Å². The summed E-state index contributed by atoms with van der Waals surface area (Å²) in [7, 11) is 1.59. The highest BCUT2D eigenvalue weighted by Gasteiger charge is 2.34. The van der Waals surface area contributed by atoms with Crippen molar-refractivity contribution in [2.75, 3.05) is 0 Å². The molecule has 1 aliphatic rings. The summed E-state index contributed by atoms with van der Waals surface area (Å²) in [4.78, 5) is 0.